The number of rotatable bonds is 2. The number of thiocarbonyl (C=S) groups is 2. The summed E-state index contributed by atoms with van der Waals surface area (Å²) in [7, 11) is 0. The second kappa shape index (κ2) is 20.3. The van der Waals surface area contributed by atoms with Crippen LogP contribution >= 0.6 is 47.6 Å². The minimum absolute atomic E-state index is 0. The second-order valence-electron chi connectivity index (χ2n) is 5.74. The second-order valence-corrected chi connectivity index (χ2v) is 8.77. The Morgan fingerprint density at radius 3 is 0.970 bits per heavy atom. The van der Waals surface area contributed by atoms with Crippen molar-refractivity contribution in [1.29, 1.82) is 0 Å². The van der Waals surface area contributed by atoms with Gasteiger partial charge in [-0.1, -0.05) is 108 Å². The molecule has 0 aliphatic heterocycles. The van der Waals surface area contributed by atoms with Crippen LogP contribution in [-0.2, 0) is 25.3 Å². The van der Waals surface area contributed by atoms with Crippen LogP contribution in [0.5, 0.6) is 0 Å². The molecule has 7 heteroatoms. The van der Waals surface area contributed by atoms with E-state index in [2.05, 4.69) is 12.1 Å². The zero-order valence-corrected chi connectivity index (χ0v) is 24.9. The Hall–Kier alpha value is -1.12. The molecule has 0 saturated heterocycles. The van der Waals surface area contributed by atoms with Gasteiger partial charge in [-0.05, 0) is 47.5 Å². The quantitative estimate of drug-likeness (QED) is 0.124. The summed E-state index contributed by atoms with van der Waals surface area (Å²) in [6.07, 6.45) is 0. The van der Waals surface area contributed by atoms with Gasteiger partial charge in [-0.2, -0.15) is 0 Å². The third-order valence-corrected chi connectivity index (χ3v) is 4.82. The average molecular weight is 648 g/mol. The zero-order valence-electron chi connectivity index (χ0n) is 17.3. The maximum atomic E-state index is 5.64. The molecule has 0 unspecified atom stereocenters. The van der Waals surface area contributed by atoms with Gasteiger partial charge < -0.3 is 49.7 Å². The van der Waals surface area contributed by atoms with Crippen molar-refractivity contribution < 1.29 is 0 Å². The summed E-state index contributed by atoms with van der Waals surface area (Å²) >= 11 is 30.4. The Bertz CT molecular complexity index is 887. The summed E-state index contributed by atoms with van der Waals surface area (Å²) in [5.74, 6) is 0. The van der Waals surface area contributed by atoms with E-state index in [0.717, 1.165) is 11.1 Å². The van der Waals surface area contributed by atoms with E-state index >= 15 is 0 Å². The van der Waals surface area contributed by atoms with Gasteiger partial charge in [0.25, 0.3) is 0 Å². The predicted octanol–water partition coefficient (Wildman–Crippen LogP) is 7.72. The zero-order chi connectivity index (χ0) is 23.6. The first-order valence-corrected chi connectivity index (χ1v) is 11.5. The van der Waals surface area contributed by atoms with Gasteiger partial charge in [0.05, 0.1) is 0 Å². The minimum Gasteiger partial charge on any atom is -0.428 e. The third kappa shape index (κ3) is 17.0. The molecule has 0 atom stereocenters. The molecular weight excluding hydrogens is 630 g/mol. The van der Waals surface area contributed by atoms with Gasteiger partial charge in [0, 0.05) is 10.0 Å². The summed E-state index contributed by atoms with van der Waals surface area (Å²) in [5.41, 5.74) is 1.77. The van der Waals surface area contributed by atoms with Crippen molar-refractivity contribution in [3.63, 3.8) is 0 Å². The molecule has 0 bridgehead atoms. The summed E-state index contributed by atoms with van der Waals surface area (Å²) in [5, 5.41) is 1.41. The molecule has 4 radical (unpaired) electrons. The minimum atomic E-state index is 0. The molecule has 4 rings (SSSR count). The van der Waals surface area contributed by atoms with Gasteiger partial charge in [-0.3, -0.25) is 0 Å². The van der Waals surface area contributed by atoms with E-state index in [1.165, 1.54) is 0 Å². The van der Waals surface area contributed by atoms with Gasteiger partial charge in [0.15, 0.2) is 0 Å². The average Bonchev–Trinajstić information content (AvgIpc) is 2.83. The van der Waals surface area contributed by atoms with Crippen molar-refractivity contribution in [2.75, 3.05) is 0 Å². The molecule has 4 aromatic rings. The third-order valence-electron chi connectivity index (χ3n) is 3.37. The van der Waals surface area contributed by atoms with Crippen LogP contribution in [0.15, 0.2) is 109 Å². The van der Waals surface area contributed by atoms with Gasteiger partial charge >= 0.3 is 23.9 Å². The van der Waals surface area contributed by atoms with E-state index in [1.54, 1.807) is 24.3 Å². The van der Waals surface area contributed by atoms with Gasteiger partial charge in [-0.15, -0.1) is 8.39 Å². The monoisotopic (exact) mass is 648 g/mol. The van der Waals surface area contributed by atoms with E-state index in [0.29, 0.717) is 18.4 Å². The van der Waals surface area contributed by atoms with E-state index in [9.17, 15) is 0 Å². The maximum absolute atomic E-state index is 5.64. The van der Waals surface area contributed by atoms with Crippen molar-refractivity contribution in [2.24, 2.45) is 0 Å². The summed E-state index contributed by atoms with van der Waals surface area (Å²) in [4.78, 5) is 0. The Morgan fingerprint density at radius 2 is 0.818 bits per heavy atom. The Kier molecular flexibility index (Phi) is 19.6. The summed E-state index contributed by atoms with van der Waals surface area (Å²) in [6, 6.07) is 39.4. The van der Waals surface area contributed by atoms with Crippen LogP contribution in [0.4, 0.5) is 0 Å². The molecule has 4 aromatic carbocycles. The van der Waals surface area contributed by atoms with Crippen LogP contribution in [0, 0.1) is 12.1 Å². The van der Waals surface area contributed by atoms with Crippen molar-refractivity contribution in [3.8, 4) is 0 Å². The van der Waals surface area contributed by atoms with Crippen LogP contribution in [-0.4, -0.2) is 32.3 Å². The first-order valence-electron chi connectivity index (χ1n) is 9.16. The van der Waals surface area contributed by atoms with Crippen LogP contribution in [0.25, 0.3) is 0 Å². The Morgan fingerprint density at radius 1 is 0.545 bits per heavy atom. The summed E-state index contributed by atoms with van der Waals surface area (Å²) < 4.78 is 0.966. The molecule has 0 saturated carbocycles. The van der Waals surface area contributed by atoms with Crippen molar-refractivity contribution in [3.05, 3.63) is 142 Å². The first-order chi connectivity index (χ1) is 15.4. The Labute approximate surface area is 245 Å². The van der Waals surface area contributed by atoms with Crippen molar-refractivity contribution >= 4 is 105 Å². The Balaban J connectivity index is 0.000000420. The maximum Gasteiger partial charge on any atom is 2.00 e. The smallest absolute Gasteiger partial charge is 0.428 e. The van der Waals surface area contributed by atoms with Gasteiger partial charge in [-0.25, -0.2) is 0 Å². The molecule has 0 fully saturated rings. The SMILES string of the molecule is S=C([S-])c1ccc(Cl)cc1.S=C([S-])c1ccc(Cl)cc1.[Sn+2].[c]1ccccc1.[c]1ccccc1. The number of halogens is 2. The largest absolute Gasteiger partial charge is 2.00 e. The fourth-order valence-corrected chi connectivity index (χ4v) is 2.65. The number of hydrogen-bond donors (Lipinski definition) is 0. The molecule has 0 aromatic heterocycles. The molecule has 0 heterocycles. The van der Waals surface area contributed by atoms with E-state index in [4.69, 9.17) is 72.9 Å². The van der Waals surface area contributed by atoms with Crippen LogP contribution in [0.3, 0.4) is 0 Å². The summed E-state index contributed by atoms with van der Waals surface area (Å²) in [6.45, 7) is 0. The molecule has 0 N–H and O–H groups in total. The molecule has 0 amide bonds. The fourth-order valence-electron chi connectivity index (χ4n) is 1.86. The molecule has 0 spiro atoms. The van der Waals surface area contributed by atoms with Gasteiger partial charge in [0.1, 0.15) is 0 Å². The molecule has 164 valence electrons. The normalized spacial score (nSPS) is 8.55. The van der Waals surface area contributed by atoms with Gasteiger partial charge in [0.2, 0.25) is 0 Å². The topological polar surface area (TPSA) is 0 Å². The van der Waals surface area contributed by atoms with Crippen molar-refractivity contribution in [1.82, 2.24) is 0 Å². The van der Waals surface area contributed by atoms with E-state index in [-0.39, 0.29) is 23.9 Å². The molecule has 0 aliphatic rings. The predicted molar refractivity (Wildman–Crippen MR) is 157 cm³/mol. The number of hydrogen-bond acceptors (Lipinski definition) is 4. The molecule has 0 aliphatic carbocycles. The first kappa shape index (κ1) is 31.9. The molecule has 0 nitrogen and oxygen atoms in total. The molecular formula is C26H18Cl2S4Sn. The van der Waals surface area contributed by atoms with E-state index in [1.807, 2.05) is 84.9 Å². The standard InChI is InChI=1S/2C7H5ClS2.2C6H5.Sn/c2*8-6-3-1-5(2-4-6)7(9)10;2*1-2-4-6-5-3-1;/h2*1-4H,(H,9,10);2*1-5H;/q;;;;+2/p-2. The van der Waals surface area contributed by atoms with Crippen LogP contribution in [0.2, 0.25) is 10.0 Å². The van der Waals surface area contributed by atoms with Crippen LogP contribution < -0.4 is 0 Å². The number of benzene rings is 4. The van der Waals surface area contributed by atoms with Crippen LogP contribution in [0.1, 0.15) is 11.1 Å². The fraction of sp³-hybridized carbons (Fsp3) is 0. The van der Waals surface area contributed by atoms with E-state index < -0.39 is 0 Å². The molecule has 33 heavy (non-hydrogen) atoms. The van der Waals surface area contributed by atoms with Crippen molar-refractivity contribution in [2.45, 2.75) is 0 Å².